The number of ether oxygens (including phenoxy) is 2. The van der Waals surface area contributed by atoms with E-state index in [1.165, 1.54) is 5.56 Å². The fourth-order valence-corrected chi connectivity index (χ4v) is 2.75. The van der Waals surface area contributed by atoms with E-state index in [2.05, 4.69) is 22.3 Å². The zero-order valence-electron chi connectivity index (χ0n) is 14.6. The summed E-state index contributed by atoms with van der Waals surface area (Å²) >= 11 is 0. The Morgan fingerprint density at radius 3 is 2.61 bits per heavy atom. The van der Waals surface area contributed by atoms with Crippen molar-refractivity contribution in [1.29, 1.82) is 0 Å². The van der Waals surface area contributed by atoms with Crippen molar-refractivity contribution in [2.24, 2.45) is 5.92 Å². The van der Waals surface area contributed by atoms with E-state index in [-0.39, 0.29) is 6.09 Å². The molecule has 1 aliphatic heterocycles. The SMILES string of the molecule is COc1ccc(CN2CCC(CNC(=O)OC(C)(C)C)C2)cc1. The molecule has 1 aromatic carbocycles. The van der Waals surface area contributed by atoms with Gasteiger partial charge in [-0.15, -0.1) is 0 Å². The maximum atomic E-state index is 11.7. The van der Waals surface area contributed by atoms with Crippen LogP contribution in [-0.2, 0) is 11.3 Å². The molecule has 1 fully saturated rings. The minimum absolute atomic E-state index is 0.328. The Bertz CT molecular complexity index is 508. The van der Waals surface area contributed by atoms with Crippen LogP contribution >= 0.6 is 0 Å². The van der Waals surface area contributed by atoms with Crippen LogP contribution in [0, 0.1) is 5.92 Å². The summed E-state index contributed by atoms with van der Waals surface area (Å²) in [6.45, 7) is 9.30. The first-order chi connectivity index (χ1) is 10.9. The number of methoxy groups -OCH3 is 1. The molecule has 2 rings (SSSR count). The van der Waals surface area contributed by atoms with Crippen molar-refractivity contribution in [2.45, 2.75) is 39.3 Å². The smallest absolute Gasteiger partial charge is 0.407 e. The van der Waals surface area contributed by atoms with E-state index < -0.39 is 5.60 Å². The zero-order chi connectivity index (χ0) is 16.9. The van der Waals surface area contributed by atoms with Gasteiger partial charge in [0.1, 0.15) is 11.4 Å². The van der Waals surface area contributed by atoms with Gasteiger partial charge in [-0.1, -0.05) is 12.1 Å². The third kappa shape index (κ3) is 6.10. The van der Waals surface area contributed by atoms with Crippen LogP contribution in [0.4, 0.5) is 4.79 Å². The van der Waals surface area contributed by atoms with Crippen LogP contribution in [0.25, 0.3) is 0 Å². The standard InChI is InChI=1S/C18H28N2O3/c1-18(2,3)23-17(21)19-11-15-9-10-20(13-15)12-14-5-7-16(22-4)8-6-14/h5-8,15H,9-13H2,1-4H3,(H,19,21). The summed E-state index contributed by atoms with van der Waals surface area (Å²) in [7, 11) is 1.68. The lowest BCUT2D eigenvalue weighted by atomic mass is 10.1. The van der Waals surface area contributed by atoms with E-state index in [1.54, 1.807) is 7.11 Å². The summed E-state index contributed by atoms with van der Waals surface area (Å²) < 4.78 is 10.4. The first-order valence-electron chi connectivity index (χ1n) is 8.18. The number of amides is 1. The number of benzene rings is 1. The van der Waals surface area contributed by atoms with Crippen LogP contribution < -0.4 is 10.1 Å². The molecule has 1 amide bonds. The lowest BCUT2D eigenvalue weighted by Gasteiger charge is -2.21. The largest absolute Gasteiger partial charge is 0.497 e. The normalized spacial score (nSPS) is 18.7. The Morgan fingerprint density at radius 1 is 1.30 bits per heavy atom. The number of nitrogens with one attached hydrogen (secondary N) is 1. The van der Waals surface area contributed by atoms with Gasteiger partial charge >= 0.3 is 6.09 Å². The molecule has 128 valence electrons. The molecule has 23 heavy (non-hydrogen) atoms. The number of hydrogen-bond acceptors (Lipinski definition) is 4. The minimum atomic E-state index is -0.444. The topological polar surface area (TPSA) is 50.8 Å². The first kappa shape index (κ1) is 17.6. The number of carbonyl (C=O) groups is 1. The van der Waals surface area contributed by atoms with Gasteiger partial charge in [-0.05, 0) is 57.4 Å². The highest BCUT2D eigenvalue weighted by atomic mass is 16.6. The summed E-state index contributed by atoms with van der Waals surface area (Å²) in [6, 6.07) is 8.19. The number of hydrogen-bond donors (Lipinski definition) is 1. The molecule has 0 aliphatic carbocycles. The monoisotopic (exact) mass is 320 g/mol. The summed E-state index contributed by atoms with van der Waals surface area (Å²) in [5.41, 5.74) is 0.840. The number of rotatable bonds is 5. The molecule has 1 unspecified atom stereocenters. The van der Waals surface area contributed by atoms with Gasteiger partial charge in [-0.3, -0.25) is 4.90 Å². The third-order valence-corrected chi connectivity index (χ3v) is 3.87. The van der Waals surface area contributed by atoms with Crippen LogP contribution in [0.5, 0.6) is 5.75 Å². The maximum absolute atomic E-state index is 11.7. The zero-order valence-corrected chi connectivity index (χ0v) is 14.6. The van der Waals surface area contributed by atoms with E-state index in [1.807, 2.05) is 32.9 Å². The predicted octanol–water partition coefficient (Wildman–Crippen LogP) is 3.04. The highest BCUT2D eigenvalue weighted by Crippen LogP contribution is 2.19. The molecule has 5 heteroatoms. The van der Waals surface area contributed by atoms with E-state index in [0.29, 0.717) is 12.5 Å². The predicted molar refractivity (Wildman–Crippen MR) is 90.6 cm³/mol. The van der Waals surface area contributed by atoms with Gasteiger partial charge in [-0.2, -0.15) is 0 Å². The Labute approximate surface area is 139 Å². The van der Waals surface area contributed by atoms with Crippen molar-refractivity contribution < 1.29 is 14.3 Å². The maximum Gasteiger partial charge on any atom is 0.407 e. The molecule has 0 bridgehead atoms. The van der Waals surface area contributed by atoms with Gasteiger partial charge in [0.05, 0.1) is 7.11 Å². The molecular weight excluding hydrogens is 292 g/mol. The molecule has 5 nitrogen and oxygen atoms in total. The van der Waals surface area contributed by atoms with Gasteiger partial charge < -0.3 is 14.8 Å². The Morgan fingerprint density at radius 2 is 2.00 bits per heavy atom. The summed E-state index contributed by atoms with van der Waals surface area (Å²) in [5.74, 6) is 1.37. The van der Waals surface area contributed by atoms with Gasteiger partial charge in [0.2, 0.25) is 0 Å². The van der Waals surface area contributed by atoms with E-state index in [4.69, 9.17) is 9.47 Å². The number of alkyl carbamates (subject to hydrolysis) is 1. The average molecular weight is 320 g/mol. The lowest BCUT2D eigenvalue weighted by Crippen LogP contribution is -2.35. The fourth-order valence-electron chi connectivity index (χ4n) is 2.75. The van der Waals surface area contributed by atoms with Crippen LogP contribution in [-0.4, -0.2) is 43.3 Å². The van der Waals surface area contributed by atoms with Crippen molar-refractivity contribution in [1.82, 2.24) is 10.2 Å². The Kier molecular flexibility index (Phi) is 5.88. The van der Waals surface area contributed by atoms with Crippen LogP contribution in [0.2, 0.25) is 0 Å². The average Bonchev–Trinajstić information content (AvgIpc) is 2.92. The highest BCUT2D eigenvalue weighted by Gasteiger charge is 2.24. The minimum Gasteiger partial charge on any atom is -0.497 e. The molecule has 1 N–H and O–H groups in total. The van der Waals surface area contributed by atoms with E-state index >= 15 is 0 Å². The molecular formula is C18H28N2O3. The number of carbonyl (C=O) groups excluding carboxylic acids is 1. The van der Waals surface area contributed by atoms with Crippen molar-refractivity contribution in [2.75, 3.05) is 26.7 Å². The van der Waals surface area contributed by atoms with E-state index in [0.717, 1.165) is 31.8 Å². The molecule has 1 atom stereocenters. The van der Waals surface area contributed by atoms with Crippen LogP contribution in [0.15, 0.2) is 24.3 Å². The molecule has 0 aromatic heterocycles. The van der Waals surface area contributed by atoms with Crippen LogP contribution in [0.3, 0.4) is 0 Å². The quantitative estimate of drug-likeness (QED) is 0.906. The Hall–Kier alpha value is -1.75. The van der Waals surface area contributed by atoms with Gasteiger partial charge in [0.15, 0.2) is 0 Å². The van der Waals surface area contributed by atoms with Crippen molar-refractivity contribution in [3.05, 3.63) is 29.8 Å². The second kappa shape index (κ2) is 7.68. The summed E-state index contributed by atoms with van der Waals surface area (Å²) in [6.07, 6.45) is 0.775. The molecule has 0 spiro atoms. The molecule has 1 aliphatic rings. The fraction of sp³-hybridized carbons (Fsp3) is 0.611. The van der Waals surface area contributed by atoms with Crippen LogP contribution in [0.1, 0.15) is 32.8 Å². The molecule has 0 saturated carbocycles. The molecule has 1 heterocycles. The van der Waals surface area contributed by atoms with E-state index in [9.17, 15) is 4.79 Å². The number of likely N-dealkylation sites (tertiary alicyclic amines) is 1. The number of nitrogens with zero attached hydrogens (tertiary/aromatic N) is 1. The molecule has 0 radical (unpaired) electrons. The summed E-state index contributed by atoms with van der Waals surface area (Å²) in [5, 5.41) is 2.88. The summed E-state index contributed by atoms with van der Waals surface area (Å²) in [4.78, 5) is 14.1. The second-order valence-electron chi connectivity index (χ2n) is 7.12. The van der Waals surface area contributed by atoms with Crippen molar-refractivity contribution in [3.63, 3.8) is 0 Å². The van der Waals surface area contributed by atoms with Gasteiger partial charge in [-0.25, -0.2) is 4.79 Å². The highest BCUT2D eigenvalue weighted by molar-refractivity contribution is 5.67. The van der Waals surface area contributed by atoms with Gasteiger partial charge in [0, 0.05) is 19.6 Å². The second-order valence-corrected chi connectivity index (χ2v) is 7.12. The first-order valence-corrected chi connectivity index (χ1v) is 8.18. The van der Waals surface area contributed by atoms with Crippen molar-refractivity contribution >= 4 is 6.09 Å². The van der Waals surface area contributed by atoms with Crippen molar-refractivity contribution in [3.8, 4) is 5.75 Å². The lowest BCUT2D eigenvalue weighted by molar-refractivity contribution is 0.0519. The molecule has 1 aromatic rings. The molecule has 1 saturated heterocycles. The third-order valence-electron chi connectivity index (χ3n) is 3.87. The van der Waals surface area contributed by atoms with Gasteiger partial charge in [0.25, 0.3) is 0 Å². The Balaban J connectivity index is 1.72.